The quantitative estimate of drug-likeness (QED) is 0.346. The van der Waals surface area contributed by atoms with Crippen LogP contribution < -0.4 is 9.46 Å². The number of halogens is 1. The van der Waals surface area contributed by atoms with E-state index in [4.69, 9.17) is 21.1 Å². The van der Waals surface area contributed by atoms with Gasteiger partial charge >= 0.3 is 0 Å². The number of nitrogens with zero attached hydrogens (tertiary/aromatic N) is 3. The van der Waals surface area contributed by atoms with Crippen molar-refractivity contribution in [1.29, 1.82) is 0 Å². The highest BCUT2D eigenvalue weighted by molar-refractivity contribution is 7.92. The van der Waals surface area contributed by atoms with Crippen LogP contribution in [0.1, 0.15) is 63.2 Å². The third-order valence-corrected chi connectivity index (χ3v) is 9.95. The number of sulfonamides is 1. The van der Waals surface area contributed by atoms with Gasteiger partial charge in [-0.3, -0.25) is 14.3 Å². The largest absolute Gasteiger partial charge is 0.490 e. The summed E-state index contributed by atoms with van der Waals surface area (Å²) in [7, 11) is 1.75. The summed E-state index contributed by atoms with van der Waals surface area (Å²) in [6.45, 7) is 7.27. The van der Waals surface area contributed by atoms with Gasteiger partial charge in [-0.25, -0.2) is 8.42 Å². The normalized spacial score (nSPS) is 20.6. The fourth-order valence-corrected chi connectivity index (χ4v) is 6.56. The van der Waals surface area contributed by atoms with Gasteiger partial charge in [-0.05, 0) is 103 Å². The SMILES string of the molecule is C[C@@H]1CN([C@@H](C)CO)C(=O)c2cc(NS(=O)(=O)c3ccc(Cl)cc3)ccc2O[C@@H](C)CCCCO[C@H]1CN(C)C(=O)CCCN(C)C. The van der Waals surface area contributed by atoms with E-state index in [-0.39, 0.29) is 53.3 Å². The van der Waals surface area contributed by atoms with E-state index < -0.39 is 22.0 Å². The van der Waals surface area contributed by atoms with Crippen molar-refractivity contribution in [3.8, 4) is 5.75 Å². The molecule has 4 atom stereocenters. The van der Waals surface area contributed by atoms with Gasteiger partial charge in [0.1, 0.15) is 5.75 Å². The van der Waals surface area contributed by atoms with Gasteiger partial charge in [0.2, 0.25) is 5.91 Å². The predicted octanol–water partition coefficient (Wildman–Crippen LogP) is 4.74. The molecule has 0 aromatic heterocycles. The van der Waals surface area contributed by atoms with E-state index in [1.807, 2.05) is 32.8 Å². The molecule has 0 saturated heterocycles. The molecule has 2 aromatic rings. The van der Waals surface area contributed by atoms with Crippen molar-refractivity contribution in [3.63, 3.8) is 0 Å². The molecule has 2 N–H and O–H groups in total. The van der Waals surface area contributed by atoms with Crippen LogP contribution in [-0.2, 0) is 19.6 Å². The summed E-state index contributed by atoms with van der Waals surface area (Å²) in [4.78, 5) is 32.6. The minimum Gasteiger partial charge on any atom is -0.490 e. The second kappa shape index (κ2) is 18.0. The van der Waals surface area contributed by atoms with Crippen LogP contribution in [0.5, 0.6) is 5.75 Å². The summed E-state index contributed by atoms with van der Waals surface area (Å²) in [5, 5.41) is 10.6. The molecule has 1 aliphatic heterocycles. The second-order valence-electron chi connectivity index (χ2n) is 12.8. The number of benzene rings is 2. The van der Waals surface area contributed by atoms with Gasteiger partial charge < -0.3 is 29.3 Å². The number of rotatable bonds is 11. The number of aliphatic hydroxyl groups is 1. The monoisotopic (exact) mass is 694 g/mol. The molecular formula is C34H51ClN4O7S. The smallest absolute Gasteiger partial charge is 0.261 e. The molecule has 13 heteroatoms. The van der Waals surface area contributed by atoms with Crippen molar-refractivity contribution < 1.29 is 32.6 Å². The molecule has 0 fully saturated rings. The van der Waals surface area contributed by atoms with Crippen LogP contribution in [-0.4, -0.2) is 112 Å². The Bertz CT molecular complexity index is 1420. The van der Waals surface area contributed by atoms with Crippen LogP contribution in [0.3, 0.4) is 0 Å². The average Bonchev–Trinajstić information content (AvgIpc) is 3.02. The maximum Gasteiger partial charge on any atom is 0.261 e. The van der Waals surface area contributed by atoms with E-state index in [2.05, 4.69) is 4.72 Å². The second-order valence-corrected chi connectivity index (χ2v) is 14.9. The number of aliphatic hydroxyl groups excluding tert-OH is 1. The van der Waals surface area contributed by atoms with E-state index >= 15 is 0 Å². The van der Waals surface area contributed by atoms with Crippen molar-refractivity contribution >= 4 is 39.1 Å². The summed E-state index contributed by atoms with van der Waals surface area (Å²) in [5.41, 5.74) is 0.355. The van der Waals surface area contributed by atoms with Crippen molar-refractivity contribution in [2.24, 2.45) is 5.92 Å². The zero-order chi connectivity index (χ0) is 34.7. The first-order valence-electron chi connectivity index (χ1n) is 16.2. The molecule has 0 bridgehead atoms. The number of amides is 2. The van der Waals surface area contributed by atoms with Crippen LogP contribution in [0, 0.1) is 5.92 Å². The molecule has 0 spiro atoms. The summed E-state index contributed by atoms with van der Waals surface area (Å²) in [5.74, 6) is -0.264. The minimum atomic E-state index is -3.98. The lowest BCUT2D eigenvalue weighted by Crippen LogP contribution is -2.48. The summed E-state index contributed by atoms with van der Waals surface area (Å²) < 4.78 is 41.5. The number of fused-ring (bicyclic) bond motifs is 1. The fourth-order valence-electron chi connectivity index (χ4n) is 5.39. The fraction of sp³-hybridized carbons (Fsp3) is 0.588. The Morgan fingerprint density at radius 1 is 1.13 bits per heavy atom. The van der Waals surface area contributed by atoms with Crippen LogP contribution in [0.15, 0.2) is 47.4 Å². The van der Waals surface area contributed by atoms with Gasteiger partial charge in [0.05, 0.1) is 35.3 Å². The maximum atomic E-state index is 14.3. The zero-order valence-corrected chi connectivity index (χ0v) is 30.0. The number of hydrogen-bond donors (Lipinski definition) is 2. The molecule has 47 heavy (non-hydrogen) atoms. The Kier molecular flexibility index (Phi) is 14.8. The number of ether oxygens (including phenoxy) is 2. The van der Waals surface area contributed by atoms with Gasteiger partial charge in [-0.15, -0.1) is 0 Å². The molecule has 3 rings (SSSR count). The van der Waals surface area contributed by atoms with Gasteiger partial charge in [0, 0.05) is 49.8 Å². The van der Waals surface area contributed by atoms with Gasteiger partial charge in [-0.2, -0.15) is 0 Å². The van der Waals surface area contributed by atoms with E-state index in [0.29, 0.717) is 36.8 Å². The first-order valence-corrected chi connectivity index (χ1v) is 18.1. The van der Waals surface area contributed by atoms with Crippen molar-refractivity contribution in [1.82, 2.24) is 14.7 Å². The molecule has 0 radical (unpaired) electrons. The third kappa shape index (κ3) is 11.6. The first kappa shape index (κ1) is 38.5. The molecular weight excluding hydrogens is 644 g/mol. The van der Waals surface area contributed by atoms with Crippen molar-refractivity contribution in [2.75, 3.05) is 58.7 Å². The topological polar surface area (TPSA) is 129 Å². The number of nitrogens with one attached hydrogen (secondary N) is 1. The summed E-state index contributed by atoms with van der Waals surface area (Å²) >= 11 is 5.94. The highest BCUT2D eigenvalue weighted by Crippen LogP contribution is 2.30. The number of likely N-dealkylation sites (N-methyl/N-ethyl adjacent to an activating group) is 1. The van der Waals surface area contributed by atoms with Crippen LogP contribution in [0.25, 0.3) is 0 Å². The molecule has 11 nitrogen and oxygen atoms in total. The highest BCUT2D eigenvalue weighted by atomic mass is 35.5. The molecule has 2 amide bonds. The summed E-state index contributed by atoms with van der Waals surface area (Å²) in [6.07, 6.45) is 2.94. The van der Waals surface area contributed by atoms with Crippen molar-refractivity contribution in [3.05, 3.63) is 53.1 Å². The molecule has 0 unspecified atom stereocenters. The van der Waals surface area contributed by atoms with E-state index in [1.165, 1.54) is 30.3 Å². The Labute approximate surface area is 285 Å². The average molecular weight is 695 g/mol. The maximum absolute atomic E-state index is 14.3. The molecule has 0 saturated carbocycles. The standard InChI is InChI=1S/C34H51ClN4O7S/c1-24-21-39(25(2)23-40)34(42)30-20-28(36-47(43,44)29-15-12-27(35)13-16-29)14-17-31(30)46-26(3)10-7-8-19-45-32(24)22-38(6)33(41)11-9-18-37(4)5/h12-17,20,24-26,32,36,40H,7-11,18-19,21-23H2,1-6H3/t24-,25+,26+,32+/m1/s1. The Balaban J connectivity index is 1.93. The van der Waals surface area contributed by atoms with Crippen LogP contribution >= 0.6 is 11.6 Å². The lowest BCUT2D eigenvalue weighted by Gasteiger charge is -2.36. The number of carbonyl (C=O) groups excluding carboxylic acids is 2. The van der Waals surface area contributed by atoms with E-state index in [0.717, 1.165) is 25.8 Å². The van der Waals surface area contributed by atoms with E-state index in [1.54, 1.807) is 35.9 Å². The Morgan fingerprint density at radius 2 is 1.83 bits per heavy atom. The first-order chi connectivity index (χ1) is 22.2. The van der Waals surface area contributed by atoms with Gasteiger partial charge in [0.15, 0.2) is 0 Å². The Hall–Kier alpha value is -2.90. The van der Waals surface area contributed by atoms with Crippen molar-refractivity contribution in [2.45, 2.75) is 76.0 Å². The zero-order valence-electron chi connectivity index (χ0n) is 28.4. The minimum absolute atomic E-state index is 0.0229. The number of carbonyl (C=O) groups is 2. The molecule has 1 heterocycles. The molecule has 262 valence electrons. The van der Waals surface area contributed by atoms with Gasteiger partial charge in [-0.1, -0.05) is 18.5 Å². The molecule has 0 aliphatic carbocycles. The number of hydrogen-bond acceptors (Lipinski definition) is 8. The van der Waals surface area contributed by atoms with Crippen LogP contribution in [0.4, 0.5) is 5.69 Å². The lowest BCUT2D eigenvalue weighted by atomic mass is 10.0. The Morgan fingerprint density at radius 3 is 2.49 bits per heavy atom. The van der Waals surface area contributed by atoms with E-state index in [9.17, 15) is 23.1 Å². The van der Waals surface area contributed by atoms with Crippen LogP contribution in [0.2, 0.25) is 5.02 Å². The molecule has 1 aliphatic rings. The predicted molar refractivity (Wildman–Crippen MR) is 185 cm³/mol. The third-order valence-electron chi connectivity index (χ3n) is 8.30. The summed E-state index contributed by atoms with van der Waals surface area (Å²) in [6, 6.07) is 9.85. The van der Waals surface area contributed by atoms with Gasteiger partial charge in [0.25, 0.3) is 15.9 Å². The lowest BCUT2D eigenvalue weighted by molar-refractivity contribution is -0.132. The number of anilines is 1. The molecule has 2 aromatic carbocycles. The highest BCUT2D eigenvalue weighted by Gasteiger charge is 2.31.